The Bertz CT molecular complexity index is 617. The second-order valence-electron chi connectivity index (χ2n) is 5.18. The summed E-state index contributed by atoms with van der Waals surface area (Å²) < 4.78 is 28.3. The van der Waals surface area contributed by atoms with E-state index in [1.54, 1.807) is 0 Å². The maximum atomic E-state index is 11.8. The summed E-state index contributed by atoms with van der Waals surface area (Å²) >= 11 is 5.93. The average molecular weight is 332 g/mol. The topological polar surface area (TPSA) is 72.5 Å². The predicted molar refractivity (Wildman–Crippen MR) is 81.5 cm³/mol. The van der Waals surface area contributed by atoms with Gasteiger partial charge < -0.3 is 10.1 Å². The lowest BCUT2D eigenvalue weighted by atomic mass is 10.2. The fraction of sp³-hybridized carbons (Fsp3) is 0.500. The summed E-state index contributed by atoms with van der Waals surface area (Å²) in [4.78, 5) is 11.8. The van der Waals surface area contributed by atoms with Gasteiger partial charge in [0.05, 0.1) is 36.0 Å². The van der Waals surface area contributed by atoms with Crippen LogP contribution in [0.25, 0.3) is 0 Å². The molecular weight excluding hydrogens is 314 g/mol. The third-order valence-electron chi connectivity index (χ3n) is 3.22. The molecular formula is C14H18ClNO4S. The largest absolute Gasteiger partial charge is 0.493 e. The highest BCUT2D eigenvalue weighted by Gasteiger charge is 2.37. The highest BCUT2D eigenvalue weighted by molar-refractivity contribution is 7.91. The molecule has 2 rings (SSSR count). The molecule has 0 bridgehead atoms. The number of rotatable bonds is 5. The number of alkyl halides is 1. The Hall–Kier alpha value is -1.27. The van der Waals surface area contributed by atoms with Gasteiger partial charge in [0.25, 0.3) is 0 Å². The minimum Gasteiger partial charge on any atom is -0.493 e. The highest BCUT2D eigenvalue weighted by atomic mass is 35.5. The summed E-state index contributed by atoms with van der Waals surface area (Å²) in [6.45, 7) is 2.20. The van der Waals surface area contributed by atoms with E-state index in [2.05, 4.69) is 5.32 Å². The Morgan fingerprint density at radius 1 is 1.43 bits per heavy atom. The molecule has 5 nitrogen and oxygen atoms in total. The van der Waals surface area contributed by atoms with Gasteiger partial charge in [0.1, 0.15) is 5.75 Å². The van der Waals surface area contributed by atoms with E-state index in [9.17, 15) is 13.2 Å². The van der Waals surface area contributed by atoms with E-state index >= 15 is 0 Å². The first kappa shape index (κ1) is 16.1. The number of hydrogen-bond donors (Lipinski definition) is 1. The van der Waals surface area contributed by atoms with Crippen LogP contribution in [0.2, 0.25) is 0 Å². The molecule has 2 atom stereocenters. The van der Waals surface area contributed by atoms with Gasteiger partial charge in [-0.05, 0) is 24.6 Å². The van der Waals surface area contributed by atoms with Crippen molar-refractivity contribution in [3.63, 3.8) is 0 Å². The smallest absolute Gasteiger partial charge is 0.223 e. The third-order valence-corrected chi connectivity index (χ3v) is 5.59. The molecule has 21 heavy (non-hydrogen) atoms. The van der Waals surface area contributed by atoms with Crippen LogP contribution in [0.15, 0.2) is 24.3 Å². The van der Waals surface area contributed by atoms with Crippen molar-refractivity contribution in [1.29, 1.82) is 0 Å². The number of aryl methyl sites for hydroxylation is 1. The zero-order chi connectivity index (χ0) is 15.5. The van der Waals surface area contributed by atoms with Gasteiger partial charge in [0.2, 0.25) is 5.91 Å². The quantitative estimate of drug-likeness (QED) is 0.825. The van der Waals surface area contributed by atoms with E-state index in [4.69, 9.17) is 16.3 Å². The van der Waals surface area contributed by atoms with Crippen molar-refractivity contribution in [2.75, 3.05) is 18.1 Å². The normalized spacial score (nSPS) is 23.7. The van der Waals surface area contributed by atoms with Crippen LogP contribution in [-0.2, 0) is 14.6 Å². The molecule has 1 aliphatic heterocycles. The van der Waals surface area contributed by atoms with Crippen molar-refractivity contribution in [2.45, 2.75) is 24.8 Å². The van der Waals surface area contributed by atoms with Crippen LogP contribution in [0.5, 0.6) is 5.75 Å². The van der Waals surface area contributed by atoms with Crippen molar-refractivity contribution >= 4 is 27.3 Å². The van der Waals surface area contributed by atoms with Gasteiger partial charge >= 0.3 is 0 Å². The standard InChI is InChI=1S/C14H18ClNO4S/c1-10-3-2-4-11(7-10)20-6-5-14(17)16-13-9-21(18,19)8-12(13)15/h2-4,7,12-13H,5-6,8-9H2,1H3,(H,16,17). The number of hydrogen-bond acceptors (Lipinski definition) is 4. The van der Waals surface area contributed by atoms with Gasteiger partial charge in [-0.25, -0.2) is 8.42 Å². The van der Waals surface area contributed by atoms with Gasteiger partial charge in [-0.15, -0.1) is 11.6 Å². The van der Waals surface area contributed by atoms with Crippen molar-refractivity contribution in [3.8, 4) is 5.75 Å². The lowest BCUT2D eigenvalue weighted by Gasteiger charge is -2.14. The van der Waals surface area contributed by atoms with Crippen LogP contribution in [0.4, 0.5) is 0 Å². The fourth-order valence-electron chi connectivity index (χ4n) is 2.18. The molecule has 0 spiro atoms. The van der Waals surface area contributed by atoms with Crippen molar-refractivity contribution in [3.05, 3.63) is 29.8 Å². The summed E-state index contributed by atoms with van der Waals surface area (Å²) in [7, 11) is -3.14. The summed E-state index contributed by atoms with van der Waals surface area (Å²) in [5.74, 6) is 0.280. The van der Waals surface area contributed by atoms with E-state index < -0.39 is 21.3 Å². The number of ether oxygens (including phenoxy) is 1. The minimum absolute atomic E-state index is 0.0840. The number of nitrogens with one attached hydrogen (secondary N) is 1. The predicted octanol–water partition coefficient (Wildman–Crippen LogP) is 1.28. The first-order valence-corrected chi connectivity index (χ1v) is 8.95. The monoisotopic (exact) mass is 331 g/mol. The van der Waals surface area contributed by atoms with E-state index in [1.165, 1.54) is 0 Å². The summed E-state index contributed by atoms with van der Waals surface area (Å²) in [6.07, 6.45) is 0.161. The van der Waals surface area contributed by atoms with E-state index in [1.807, 2.05) is 31.2 Å². The molecule has 1 N–H and O–H groups in total. The van der Waals surface area contributed by atoms with Gasteiger partial charge in [0.15, 0.2) is 9.84 Å². The molecule has 0 radical (unpaired) electrons. The Labute approximate surface area is 129 Å². The van der Waals surface area contributed by atoms with E-state index in [0.717, 1.165) is 5.56 Å². The van der Waals surface area contributed by atoms with Gasteiger partial charge in [-0.2, -0.15) is 0 Å². The van der Waals surface area contributed by atoms with Crippen molar-refractivity contribution < 1.29 is 17.9 Å². The minimum atomic E-state index is -3.14. The van der Waals surface area contributed by atoms with Crippen LogP contribution in [0.3, 0.4) is 0 Å². The number of carbonyl (C=O) groups excluding carboxylic acids is 1. The zero-order valence-corrected chi connectivity index (χ0v) is 13.3. The Morgan fingerprint density at radius 2 is 2.19 bits per heavy atom. The molecule has 7 heteroatoms. The lowest BCUT2D eigenvalue weighted by molar-refractivity contribution is -0.122. The number of benzene rings is 1. The summed E-state index contributed by atoms with van der Waals surface area (Å²) in [5.41, 5.74) is 1.08. The molecule has 116 valence electrons. The number of sulfone groups is 1. The Balaban J connectivity index is 1.75. The number of amides is 1. The van der Waals surface area contributed by atoms with Crippen LogP contribution in [0, 0.1) is 6.92 Å². The molecule has 1 aromatic rings. The number of carbonyl (C=O) groups is 1. The SMILES string of the molecule is Cc1cccc(OCCC(=O)NC2CS(=O)(=O)CC2Cl)c1. The summed E-state index contributed by atoms with van der Waals surface area (Å²) in [6, 6.07) is 7.04. The lowest BCUT2D eigenvalue weighted by Crippen LogP contribution is -2.41. The Kier molecular flexibility index (Phi) is 5.11. The number of halogens is 1. The molecule has 0 aliphatic carbocycles. The first-order valence-electron chi connectivity index (χ1n) is 6.69. The van der Waals surface area contributed by atoms with Crippen molar-refractivity contribution in [1.82, 2.24) is 5.32 Å². The molecule has 1 saturated heterocycles. The molecule has 0 aromatic heterocycles. The summed E-state index contributed by atoms with van der Waals surface area (Å²) in [5, 5.41) is 2.09. The third kappa shape index (κ3) is 4.89. The van der Waals surface area contributed by atoms with Crippen LogP contribution >= 0.6 is 11.6 Å². The maximum absolute atomic E-state index is 11.8. The molecule has 1 aromatic carbocycles. The van der Waals surface area contributed by atoms with E-state index in [0.29, 0.717) is 5.75 Å². The highest BCUT2D eigenvalue weighted by Crippen LogP contribution is 2.18. The van der Waals surface area contributed by atoms with Crippen LogP contribution in [0.1, 0.15) is 12.0 Å². The molecule has 1 fully saturated rings. The molecule has 1 aliphatic rings. The van der Waals surface area contributed by atoms with Gasteiger partial charge in [-0.3, -0.25) is 4.79 Å². The van der Waals surface area contributed by atoms with Crippen LogP contribution in [-0.4, -0.2) is 43.9 Å². The molecule has 1 amide bonds. The van der Waals surface area contributed by atoms with E-state index in [-0.39, 0.29) is 30.4 Å². The molecule has 1 heterocycles. The zero-order valence-electron chi connectivity index (χ0n) is 11.7. The van der Waals surface area contributed by atoms with Gasteiger partial charge in [-0.1, -0.05) is 12.1 Å². The average Bonchev–Trinajstić information content (AvgIpc) is 2.62. The van der Waals surface area contributed by atoms with Gasteiger partial charge in [0, 0.05) is 0 Å². The fourth-order valence-corrected chi connectivity index (χ4v) is 4.73. The second kappa shape index (κ2) is 6.66. The van der Waals surface area contributed by atoms with Crippen LogP contribution < -0.4 is 10.1 Å². The molecule has 2 unspecified atom stereocenters. The maximum Gasteiger partial charge on any atom is 0.223 e. The first-order chi connectivity index (χ1) is 9.85. The van der Waals surface area contributed by atoms with Crippen molar-refractivity contribution in [2.24, 2.45) is 0 Å². The molecule has 0 saturated carbocycles. The Morgan fingerprint density at radius 3 is 2.81 bits per heavy atom. The second-order valence-corrected chi connectivity index (χ2v) is 7.90.